The van der Waals surface area contributed by atoms with Gasteiger partial charge in [0.05, 0.1) is 0 Å². The molecule has 0 spiro atoms. The summed E-state index contributed by atoms with van der Waals surface area (Å²) >= 11 is 0. The Bertz CT molecular complexity index is 518. The van der Waals surface area contributed by atoms with Crippen LogP contribution in [-0.2, 0) is 0 Å². The highest BCUT2D eigenvalue weighted by Gasteiger charge is 2.08. The lowest BCUT2D eigenvalue weighted by molar-refractivity contribution is 0.558. The Labute approximate surface area is 87.2 Å². The zero-order valence-corrected chi connectivity index (χ0v) is 8.24. The molecule has 0 aliphatic heterocycles. The van der Waals surface area contributed by atoms with E-state index in [4.69, 9.17) is 5.26 Å². The third kappa shape index (κ3) is 1.62. The van der Waals surface area contributed by atoms with E-state index in [1.807, 2.05) is 25.1 Å². The van der Waals surface area contributed by atoms with E-state index in [1.165, 1.54) is 16.7 Å². The standard InChI is InChI=1S/C12H9FN2/c1-9-2-4-10(5-3-9)15-11(8-14)6-7-12(15)13/h2-7H,1H3. The fourth-order valence-corrected chi connectivity index (χ4v) is 1.46. The lowest BCUT2D eigenvalue weighted by Crippen LogP contribution is -1.99. The third-order valence-corrected chi connectivity index (χ3v) is 2.24. The maximum atomic E-state index is 13.4. The van der Waals surface area contributed by atoms with Gasteiger partial charge >= 0.3 is 0 Å². The first-order valence-electron chi connectivity index (χ1n) is 4.57. The number of nitriles is 1. The SMILES string of the molecule is Cc1ccc(-n2c(F)ccc2C#N)cc1. The number of aromatic nitrogens is 1. The fraction of sp³-hybridized carbons (Fsp3) is 0.0833. The maximum absolute atomic E-state index is 13.4. The highest BCUT2D eigenvalue weighted by atomic mass is 19.1. The number of aryl methyl sites for hydroxylation is 1. The van der Waals surface area contributed by atoms with Gasteiger partial charge in [-0.3, -0.25) is 4.57 Å². The molecule has 0 atom stereocenters. The van der Waals surface area contributed by atoms with Gasteiger partial charge in [0.15, 0.2) is 5.95 Å². The number of halogens is 1. The largest absolute Gasteiger partial charge is 0.277 e. The summed E-state index contributed by atoms with van der Waals surface area (Å²) in [5.74, 6) is -0.421. The summed E-state index contributed by atoms with van der Waals surface area (Å²) in [7, 11) is 0. The van der Waals surface area contributed by atoms with Gasteiger partial charge in [0.1, 0.15) is 11.8 Å². The molecule has 15 heavy (non-hydrogen) atoms. The molecule has 2 rings (SSSR count). The van der Waals surface area contributed by atoms with Crippen LogP contribution >= 0.6 is 0 Å². The Morgan fingerprint density at radius 3 is 2.40 bits per heavy atom. The van der Waals surface area contributed by atoms with Gasteiger partial charge in [0.25, 0.3) is 0 Å². The zero-order valence-electron chi connectivity index (χ0n) is 8.24. The van der Waals surface area contributed by atoms with E-state index >= 15 is 0 Å². The van der Waals surface area contributed by atoms with Crippen LogP contribution in [0, 0.1) is 24.2 Å². The lowest BCUT2D eigenvalue weighted by atomic mass is 10.2. The van der Waals surface area contributed by atoms with Crippen molar-refractivity contribution in [2.45, 2.75) is 6.92 Å². The van der Waals surface area contributed by atoms with Crippen molar-refractivity contribution in [1.29, 1.82) is 5.26 Å². The smallest absolute Gasteiger partial charge is 0.199 e. The molecule has 0 unspecified atom stereocenters. The van der Waals surface area contributed by atoms with Crippen molar-refractivity contribution in [3.63, 3.8) is 0 Å². The van der Waals surface area contributed by atoms with Crippen LogP contribution in [0.25, 0.3) is 5.69 Å². The van der Waals surface area contributed by atoms with Gasteiger partial charge in [-0.15, -0.1) is 0 Å². The van der Waals surface area contributed by atoms with Crippen molar-refractivity contribution in [2.75, 3.05) is 0 Å². The molecule has 0 aliphatic carbocycles. The molecular weight excluding hydrogens is 191 g/mol. The predicted molar refractivity (Wildman–Crippen MR) is 55.2 cm³/mol. The molecule has 1 aromatic carbocycles. The third-order valence-electron chi connectivity index (χ3n) is 2.24. The van der Waals surface area contributed by atoms with E-state index in [0.29, 0.717) is 11.4 Å². The van der Waals surface area contributed by atoms with Gasteiger partial charge in [0, 0.05) is 5.69 Å². The quantitative estimate of drug-likeness (QED) is 0.695. The molecular formula is C12H9FN2. The number of rotatable bonds is 1. The topological polar surface area (TPSA) is 28.7 Å². The van der Waals surface area contributed by atoms with Gasteiger partial charge in [-0.1, -0.05) is 17.7 Å². The highest BCUT2D eigenvalue weighted by Crippen LogP contribution is 2.16. The van der Waals surface area contributed by atoms with Crippen LogP contribution in [0.15, 0.2) is 36.4 Å². The Hall–Kier alpha value is -2.08. The van der Waals surface area contributed by atoms with Gasteiger partial charge in [0.2, 0.25) is 0 Å². The van der Waals surface area contributed by atoms with E-state index in [0.717, 1.165) is 5.56 Å². The monoisotopic (exact) mass is 200 g/mol. The molecule has 0 radical (unpaired) electrons. The summed E-state index contributed by atoms with van der Waals surface area (Å²) in [6.45, 7) is 1.96. The summed E-state index contributed by atoms with van der Waals surface area (Å²) in [6, 6.07) is 12.1. The second-order valence-corrected chi connectivity index (χ2v) is 3.32. The van der Waals surface area contributed by atoms with Gasteiger partial charge in [-0.25, -0.2) is 0 Å². The lowest BCUT2D eigenvalue weighted by Gasteiger charge is -2.05. The first-order valence-corrected chi connectivity index (χ1v) is 4.57. The Morgan fingerprint density at radius 1 is 1.13 bits per heavy atom. The summed E-state index contributed by atoms with van der Waals surface area (Å²) < 4.78 is 14.7. The summed E-state index contributed by atoms with van der Waals surface area (Å²) in [4.78, 5) is 0. The molecule has 2 nitrogen and oxygen atoms in total. The van der Waals surface area contributed by atoms with E-state index in [1.54, 1.807) is 12.1 Å². The average molecular weight is 200 g/mol. The van der Waals surface area contributed by atoms with Crippen LogP contribution in [0.4, 0.5) is 4.39 Å². The summed E-state index contributed by atoms with van der Waals surface area (Å²) in [6.07, 6.45) is 0. The molecule has 0 N–H and O–H groups in total. The van der Waals surface area contributed by atoms with Crippen LogP contribution in [-0.4, -0.2) is 4.57 Å². The van der Waals surface area contributed by atoms with Crippen LogP contribution in [0.5, 0.6) is 0 Å². The first-order chi connectivity index (χ1) is 7.22. The minimum Gasteiger partial charge on any atom is -0.277 e. The normalized spacial score (nSPS) is 9.93. The fourth-order valence-electron chi connectivity index (χ4n) is 1.46. The predicted octanol–water partition coefficient (Wildman–Crippen LogP) is 2.80. The first kappa shape index (κ1) is 9.47. The Morgan fingerprint density at radius 2 is 1.80 bits per heavy atom. The van der Waals surface area contributed by atoms with Crippen molar-refractivity contribution in [1.82, 2.24) is 4.57 Å². The van der Waals surface area contributed by atoms with Gasteiger partial charge < -0.3 is 0 Å². The van der Waals surface area contributed by atoms with Crippen molar-refractivity contribution < 1.29 is 4.39 Å². The molecule has 0 bridgehead atoms. The molecule has 0 fully saturated rings. The second kappa shape index (κ2) is 3.58. The van der Waals surface area contributed by atoms with Gasteiger partial charge in [-0.05, 0) is 31.2 Å². The summed E-state index contributed by atoms with van der Waals surface area (Å²) in [5, 5.41) is 8.81. The molecule has 0 aliphatic rings. The van der Waals surface area contributed by atoms with Crippen molar-refractivity contribution in [3.05, 3.63) is 53.6 Å². The molecule has 3 heteroatoms. The van der Waals surface area contributed by atoms with Gasteiger partial charge in [-0.2, -0.15) is 9.65 Å². The van der Waals surface area contributed by atoms with Crippen LogP contribution in [0.2, 0.25) is 0 Å². The van der Waals surface area contributed by atoms with E-state index in [9.17, 15) is 4.39 Å². The number of hydrogen-bond acceptors (Lipinski definition) is 1. The maximum Gasteiger partial charge on any atom is 0.199 e. The molecule has 1 aromatic heterocycles. The Balaban J connectivity index is 2.59. The van der Waals surface area contributed by atoms with Crippen molar-refractivity contribution >= 4 is 0 Å². The zero-order chi connectivity index (χ0) is 10.8. The second-order valence-electron chi connectivity index (χ2n) is 3.32. The molecule has 0 amide bonds. The molecule has 74 valence electrons. The van der Waals surface area contributed by atoms with Crippen molar-refractivity contribution in [2.24, 2.45) is 0 Å². The van der Waals surface area contributed by atoms with E-state index in [-0.39, 0.29) is 0 Å². The minimum atomic E-state index is -0.421. The van der Waals surface area contributed by atoms with E-state index in [2.05, 4.69) is 0 Å². The molecule has 1 heterocycles. The highest BCUT2D eigenvalue weighted by molar-refractivity contribution is 5.40. The summed E-state index contributed by atoms with van der Waals surface area (Å²) in [5.41, 5.74) is 2.07. The molecule has 0 saturated carbocycles. The number of benzene rings is 1. The van der Waals surface area contributed by atoms with E-state index < -0.39 is 5.95 Å². The molecule has 0 saturated heterocycles. The average Bonchev–Trinajstić information content (AvgIpc) is 2.61. The minimum absolute atomic E-state index is 0.302. The van der Waals surface area contributed by atoms with Crippen LogP contribution in [0.1, 0.15) is 11.3 Å². The number of hydrogen-bond donors (Lipinski definition) is 0. The van der Waals surface area contributed by atoms with Crippen molar-refractivity contribution in [3.8, 4) is 11.8 Å². The molecule has 2 aromatic rings. The Kier molecular flexibility index (Phi) is 2.26. The number of nitrogens with zero attached hydrogens (tertiary/aromatic N) is 2. The van der Waals surface area contributed by atoms with Crippen LogP contribution in [0.3, 0.4) is 0 Å². The van der Waals surface area contributed by atoms with Crippen LogP contribution < -0.4 is 0 Å².